The first-order valence-electron chi connectivity index (χ1n) is 5.63. The minimum absolute atomic E-state index is 0.218. The van der Waals surface area contributed by atoms with Crippen molar-refractivity contribution in [2.24, 2.45) is 5.84 Å². The summed E-state index contributed by atoms with van der Waals surface area (Å²) in [7, 11) is 0. The number of hydrogen-bond donors (Lipinski definition) is 3. The van der Waals surface area contributed by atoms with E-state index in [4.69, 9.17) is 10.3 Å². The molecule has 19 heavy (non-hydrogen) atoms. The summed E-state index contributed by atoms with van der Waals surface area (Å²) < 4.78 is 5.43. The Labute approximate surface area is 114 Å². The zero-order valence-electron chi connectivity index (χ0n) is 10.3. The molecule has 0 atom stereocenters. The van der Waals surface area contributed by atoms with E-state index < -0.39 is 5.91 Å². The molecule has 1 aromatic carbocycles. The van der Waals surface area contributed by atoms with Gasteiger partial charge in [-0.05, 0) is 25.1 Å². The number of furan rings is 1. The number of nitrogen functional groups attached to an aromatic ring is 1. The molecule has 4 N–H and O–H groups in total. The van der Waals surface area contributed by atoms with Crippen molar-refractivity contribution < 1.29 is 14.3 Å². The topological polar surface area (TPSA) is 88.5 Å². The molecule has 0 spiro atoms. The molecule has 0 fully saturated rings. The summed E-state index contributed by atoms with van der Waals surface area (Å²) in [6.45, 7) is 1.78. The predicted molar refractivity (Wildman–Crippen MR) is 72.8 cm³/mol. The lowest BCUT2D eigenvalue weighted by Gasteiger charge is -2.01. The van der Waals surface area contributed by atoms with E-state index in [2.05, 4.69) is 0 Å². The van der Waals surface area contributed by atoms with Crippen molar-refractivity contribution in [2.75, 3.05) is 0 Å². The molecule has 2 rings (SSSR count). The van der Waals surface area contributed by atoms with Crippen LogP contribution >= 0.6 is 11.8 Å². The summed E-state index contributed by atoms with van der Waals surface area (Å²) in [6.07, 6.45) is 0. The van der Waals surface area contributed by atoms with Gasteiger partial charge in [0.15, 0.2) is 5.76 Å². The lowest BCUT2D eigenvalue weighted by atomic mass is 10.2. The van der Waals surface area contributed by atoms with Crippen LogP contribution in [-0.4, -0.2) is 11.0 Å². The van der Waals surface area contributed by atoms with E-state index in [0.717, 1.165) is 10.5 Å². The number of carbonyl (C=O) groups is 1. The van der Waals surface area contributed by atoms with Gasteiger partial charge in [0.05, 0.1) is 5.75 Å². The quantitative estimate of drug-likeness (QED) is 0.345. The van der Waals surface area contributed by atoms with Gasteiger partial charge in [-0.1, -0.05) is 12.1 Å². The van der Waals surface area contributed by atoms with Crippen molar-refractivity contribution in [3.05, 3.63) is 47.4 Å². The molecule has 100 valence electrons. The Hall–Kier alpha value is -1.92. The van der Waals surface area contributed by atoms with Crippen LogP contribution in [0.5, 0.6) is 5.75 Å². The standard InChI is InChI=1S/C13H14N2O3S/c1-8-6-9(18-12(8)13(17)15-14)7-19-11-5-3-2-4-10(11)16/h2-6,16H,7,14H2,1H3,(H,15,17). The molecule has 5 nitrogen and oxygen atoms in total. The van der Waals surface area contributed by atoms with Gasteiger partial charge in [-0.15, -0.1) is 11.8 Å². The van der Waals surface area contributed by atoms with E-state index in [9.17, 15) is 9.90 Å². The Morgan fingerprint density at radius 1 is 1.47 bits per heavy atom. The first-order chi connectivity index (χ1) is 9.11. The fraction of sp³-hybridized carbons (Fsp3) is 0.154. The number of phenols is 1. The monoisotopic (exact) mass is 278 g/mol. The van der Waals surface area contributed by atoms with Crippen molar-refractivity contribution in [3.8, 4) is 5.75 Å². The van der Waals surface area contributed by atoms with E-state index in [1.165, 1.54) is 11.8 Å². The third kappa shape index (κ3) is 3.10. The number of amides is 1. The normalized spacial score (nSPS) is 10.4. The number of aromatic hydroxyl groups is 1. The third-order valence-electron chi connectivity index (χ3n) is 2.54. The first kappa shape index (κ1) is 13.5. The van der Waals surface area contributed by atoms with Crippen molar-refractivity contribution in [1.82, 2.24) is 5.43 Å². The molecule has 6 heteroatoms. The van der Waals surface area contributed by atoms with Gasteiger partial charge in [0.2, 0.25) is 0 Å². The maximum absolute atomic E-state index is 11.4. The molecule has 1 amide bonds. The summed E-state index contributed by atoms with van der Waals surface area (Å²) in [5, 5.41) is 9.64. The van der Waals surface area contributed by atoms with Crippen LogP contribution in [-0.2, 0) is 5.75 Å². The zero-order valence-corrected chi connectivity index (χ0v) is 11.2. The van der Waals surface area contributed by atoms with Crippen molar-refractivity contribution >= 4 is 17.7 Å². The van der Waals surface area contributed by atoms with Crippen LogP contribution in [0.4, 0.5) is 0 Å². The Morgan fingerprint density at radius 2 is 2.21 bits per heavy atom. The van der Waals surface area contributed by atoms with Crippen LogP contribution in [0.3, 0.4) is 0 Å². The number of rotatable bonds is 4. The minimum atomic E-state index is -0.448. The second kappa shape index (κ2) is 5.81. The van der Waals surface area contributed by atoms with Crippen molar-refractivity contribution in [1.29, 1.82) is 0 Å². The average molecular weight is 278 g/mol. The van der Waals surface area contributed by atoms with Gasteiger partial charge in [0.25, 0.3) is 0 Å². The molecule has 2 aromatic rings. The number of hydrazine groups is 1. The van der Waals surface area contributed by atoms with E-state index in [1.807, 2.05) is 17.6 Å². The summed E-state index contributed by atoms with van der Waals surface area (Å²) >= 11 is 1.43. The summed E-state index contributed by atoms with van der Waals surface area (Å²) in [5.41, 5.74) is 2.77. The number of benzene rings is 1. The SMILES string of the molecule is Cc1cc(CSc2ccccc2O)oc1C(=O)NN. The highest BCUT2D eigenvalue weighted by Gasteiger charge is 2.14. The number of phenolic OH excluding ortho intramolecular Hbond substituents is 1. The molecular weight excluding hydrogens is 264 g/mol. The van der Waals surface area contributed by atoms with Gasteiger partial charge in [-0.3, -0.25) is 10.2 Å². The smallest absolute Gasteiger partial charge is 0.301 e. The van der Waals surface area contributed by atoms with Gasteiger partial charge in [0, 0.05) is 10.5 Å². The Kier molecular flexibility index (Phi) is 4.13. The molecule has 0 saturated heterocycles. The number of hydrogen-bond acceptors (Lipinski definition) is 5. The van der Waals surface area contributed by atoms with Crippen LogP contribution in [0.2, 0.25) is 0 Å². The van der Waals surface area contributed by atoms with E-state index in [0.29, 0.717) is 11.5 Å². The fourth-order valence-electron chi connectivity index (χ4n) is 1.64. The second-order valence-corrected chi connectivity index (χ2v) is 4.97. The van der Waals surface area contributed by atoms with E-state index in [1.54, 1.807) is 25.1 Å². The molecule has 0 aliphatic carbocycles. The Balaban J connectivity index is 2.09. The van der Waals surface area contributed by atoms with Gasteiger partial charge >= 0.3 is 5.91 Å². The molecular formula is C13H14N2O3S. The third-order valence-corrected chi connectivity index (χ3v) is 3.63. The fourth-order valence-corrected chi connectivity index (χ4v) is 2.47. The molecule has 0 radical (unpaired) electrons. The molecule has 0 bridgehead atoms. The van der Waals surface area contributed by atoms with Crippen LogP contribution < -0.4 is 11.3 Å². The lowest BCUT2D eigenvalue weighted by molar-refractivity contribution is 0.0923. The van der Waals surface area contributed by atoms with Gasteiger partial charge in [-0.25, -0.2) is 5.84 Å². The number of nitrogens with two attached hydrogens (primary N) is 1. The number of para-hydroxylation sites is 1. The van der Waals surface area contributed by atoms with Crippen LogP contribution in [0, 0.1) is 6.92 Å². The van der Waals surface area contributed by atoms with Crippen LogP contribution in [0.25, 0.3) is 0 Å². The Morgan fingerprint density at radius 3 is 2.89 bits per heavy atom. The average Bonchev–Trinajstić information content (AvgIpc) is 2.78. The number of thioether (sulfide) groups is 1. The van der Waals surface area contributed by atoms with Gasteiger partial charge < -0.3 is 9.52 Å². The van der Waals surface area contributed by atoms with E-state index >= 15 is 0 Å². The number of nitrogens with one attached hydrogen (secondary N) is 1. The molecule has 0 unspecified atom stereocenters. The molecule has 0 aliphatic heterocycles. The Bertz CT molecular complexity index is 595. The first-order valence-corrected chi connectivity index (χ1v) is 6.61. The maximum atomic E-state index is 11.4. The highest BCUT2D eigenvalue weighted by molar-refractivity contribution is 7.98. The molecule has 1 heterocycles. The highest BCUT2D eigenvalue weighted by atomic mass is 32.2. The highest BCUT2D eigenvalue weighted by Crippen LogP contribution is 2.31. The largest absolute Gasteiger partial charge is 0.507 e. The summed E-state index contributed by atoms with van der Waals surface area (Å²) in [5.74, 6) is 6.25. The molecule has 1 aromatic heterocycles. The number of aryl methyl sites for hydroxylation is 1. The molecule has 0 aliphatic rings. The second-order valence-electron chi connectivity index (χ2n) is 3.95. The number of carbonyl (C=O) groups excluding carboxylic acids is 1. The van der Waals surface area contributed by atoms with Gasteiger partial charge in [0.1, 0.15) is 11.5 Å². The summed E-state index contributed by atoms with van der Waals surface area (Å²) in [4.78, 5) is 12.2. The minimum Gasteiger partial charge on any atom is -0.507 e. The maximum Gasteiger partial charge on any atom is 0.301 e. The summed E-state index contributed by atoms with van der Waals surface area (Å²) in [6, 6.07) is 8.85. The van der Waals surface area contributed by atoms with Crippen molar-refractivity contribution in [3.63, 3.8) is 0 Å². The predicted octanol–water partition coefficient (Wildman–Crippen LogP) is 2.19. The van der Waals surface area contributed by atoms with E-state index in [-0.39, 0.29) is 11.5 Å². The van der Waals surface area contributed by atoms with Crippen molar-refractivity contribution in [2.45, 2.75) is 17.6 Å². The van der Waals surface area contributed by atoms with Crippen LogP contribution in [0.1, 0.15) is 21.9 Å². The van der Waals surface area contributed by atoms with Gasteiger partial charge in [-0.2, -0.15) is 0 Å². The lowest BCUT2D eigenvalue weighted by Crippen LogP contribution is -2.30. The molecule has 0 saturated carbocycles. The zero-order chi connectivity index (χ0) is 13.8. The van der Waals surface area contributed by atoms with Crippen LogP contribution in [0.15, 0.2) is 39.6 Å².